The molecule has 122 valence electrons. The van der Waals surface area contributed by atoms with Crippen molar-refractivity contribution in [2.24, 2.45) is 0 Å². The lowest BCUT2D eigenvalue weighted by molar-refractivity contribution is 0.104. The first kappa shape index (κ1) is 16.0. The predicted octanol–water partition coefficient (Wildman–Crippen LogP) is 6.44. The second-order valence-electron chi connectivity index (χ2n) is 5.68. The maximum Gasteiger partial charge on any atom is 0.185 e. The summed E-state index contributed by atoms with van der Waals surface area (Å²) in [6.45, 7) is 0. The average Bonchev–Trinajstić information content (AvgIpc) is 2.65. The van der Waals surface area contributed by atoms with Crippen LogP contribution in [0.5, 0.6) is 0 Å². The lowest BCUT2D eigenvalue weighted by Crippen LogP contribution is -2.02. The zero-order chi connectivity index (χ0) is 17.2. The molecule has 0 unspecified atom stereocenters. The molecule has 0 saturated carbocycles. The van der Waals surface area contributed by atoms with Crippen molar-refractivity contribution in [3.05, 3.63) is 89.0 Å². The molecule has 3 aromatic carbocycles. The van der Waals surface area contributed by atoms with E-state index in [2.05, 4.69) is 11.4 Å². The van der Waals surface area contributed by atoms with Gasteiger partial charge in [-0.15, -0.1) is 0 Å². The number of hydrogen-bond acceptors (Lipinski definition) is 3. The van der Waals surface area contributed by atoms with Crippen molar-refractivity contribution >= 4 is 46.6 Å². The number of fused-ring (bicyclic) bond motifs is 2. The second-order valence-corrected chi connectivity index (χ2v) is 7.20. The highest BCUT2D eigenvalue weighted by atomic mass is 35.5. The van der Waals surface area contributed by atoms with Gasteiger partial charge in [0, 0.05) is 20.4 Å². The van der Waals surface area contributed by atoms with E-state index in [0.717, 1.165) is 21.8 Å². The fourth-order valence-corrected chi connectivity index (χ4v) is 3.73. The zero-order valence-corrected chi connectivity index (χ0v) is 14.8. The highest BCUT2D eigenvalue weighted by Gasteiger charge is 2.16. The molecule has 1 heterocycles. The van der Waals surface area contributed by atoms with Crippen molar-refractivity contribution in [2.45, 2.75) is 9.79 Å². The SMILES string of the molecule is O=C(/C=C/c1ccc(Cl)cc1)c1ccc2c(c1)Nc1ccccc1S2. The Labute approximate surface area is 155 Å². The van der Waals surface area contributed by atoms with Gasteiger partial charge in [-0.3, -0.25) is 4.79 Å². The molecule has 0 aliphatic carbocycles. The Hall–Kier alpha value is -2.49. The van der Waals surface area contributed by atoms with E-state index >= 15 is 0 Å². The fraction of sp³-hybridized carbons (Fsp3) is 0. The molecular weight excluding hydrogens is 350 g/mol. The molecule has 4 rings (SSSR count). The smallest absolute Gasteiger partial charge is 0.185 e. The van der Waals surface area contributed by atoms with Crippen LogP contribution in [0.25, 0.3) is 6.08 Å². The van der Waals surface area contributed by atoms with Gasteiger partial charge in [0.05, 0.1) is 11.4 Å². The number of para-hydroxylation sites is 1. The highest BCUT2D eigenvalue weighted by molar-refractivity contribution is 7.99. The van der Waals surface area contributed by atoms with E-state index in [9.17, 15) is 4.79 Å². The van der Waals surface area contributed by atoms with Crippen LogP contribution in [0.15, 0.2) is 82.6 Å². The van der Waals surface area contributed by atoms with Gasteiger partial charge in [-0.25, -0.2) is 0 Å². The minimum Gasteiger partial charge on any atom is -0.354 e. The van der Waals surface area contributed by atoms with E-state index < -0.39 is 0 Å². The van der Waals surface area contributed by atoms with Crippen LogP contribution in [0, 0.1) is 0 Å². The molecule has 0 radical (unpaired) electrons. The Bertz CT molecular complexity index is 979. The number of allylic oxidation sites excluding steroid dienone is 1. The van der Waals surface area contributed by atoms with E-state index in [1.54, 1.807) is 23.9 Å². The molecule has 2 nitrogen and oxygen atoms in total. The zero-order valence-electron chi connectivity index (χ0n) is 13.2. The van der Waals surface area contributed by atoms with Crippen molar-refractivity contribution in [3.63, 3.8) is 0 Å². The molecule has 1 N–H and O–H groups in total. The topological polar surface area (TPSA) is 29.1 Å². The molecule has 0 saturated heterocycles. The summed E-state index contributed by atoms with van der Waals surface area (Å²) < 4.78 is 0. The van der Waals surface area contributed by atoms with Gasteiger partial charge in [0.1, 0.15) is 0 Å². The van der Waals surface area contributed by atoms with Crippen LogP contribution in [0.1, 0.15) is 15.9 Å². The number of benzene rings is 3. The van der Waals surface area contributed by atoms with E-state index in [1.807, 2.05) is 60.7 Å². The minimum atomic E-state index is -0.0246. The van der Waals surface area contributed by atoms with Crippen LogP contribution < -0.4 is 5.32 Å². The van der Waals surface area contributed by atoms with Gasteiger partial charge in [0.25, 0.3) is 0 Å². The summed E-state index contributed by atoms with van der Waals surface area (Å²) in [7, 11) is 0. The summed E-state index contributed by atoms with van der Waals surface area (Å²) in [6, 6.07) is 21.3. The number of carbonyl (C=O) groups excluding carboxylic acids is 1. The molecule has 1 aliphatic rings. The Morgan fingerprint density at radius 3 is 2.52 bits per heavy atom. The van der Waals surface area contributed by atoms with Gasteiger partial charge in [-0.05, 0) is 54.1 Å². The highest BCUT2D eigenvalue weighted by Crippen LogP contribution is 2.44. The second kappa shape index (κ2) is 6.79. The molecule has 25 heavy (non-hydrogen) atoms. The third-order valence-corrected chi connectivity index (χ3v) is 5.34. The average molecular weight is 364 g/mol. The number of carbonyl (C=O) groups is 1. The number of nitrogens with one attached hydrogen (secondary N) is 1. The van der Waals surface area contributed by atoms with Crippen LogP contribution in [0.4, 0.5) is 11.4 Å². The summed E-state index contributed by atoms with van der Waals surface area (Å²) in [5.41, 5.74) is 3.64. The first-order chi connectivity index (χ1) is 12.2. The lowest BCUT2D eigenvalue weighted by Gasteiger charge is -2.20. The first-order valence-electron chi connectivity index (χ1n) is 7.85. The molecule has 0 atom stereocenters. The summed E-state index contributed by atoms with van der Waals surface area (Å²) in [4.78, 5) is 14.8. The monoisotopic (exact) mass is 363 g/mol. The summed E-state index contributed by atoms with van der Waals surface area (Å²) in [5.74, 6) is -0.0246. The number of ketones is 1. The quantitative estimate of drug-likeness (QED) is 0.335. The van der Waals surface area contributed by atoms with E-state index in [-0.39, 0.29) is 5.78 Å². The third-order valence-electron chi connectivity index (χ3n) is 3.94. The summed E-state index contributed by atoms with van der Waals surface area (Å²) in [5, 5.41) is 4.09. The molecule has 3 aromatic rings. The number of rotatable bonds is 3. The van der Waals surface area contributed by atoms with Crippen molar-refractivity contribution in [1.29, 1.82) is 0 Å². The molecule has 1 aliphatic heterocycles. The first-order valence-corrected chi connectivity index (χ1v) is 9.04. The largest absolute Gasteiger partial charge is 0.354 e. The predicted molar refractivity (Wildman–Crippen MR) is 105 cm³/mol. The Morgan fingerprint density at radius 1 is 0.920 bits per heavy atom. The van der Waals surface area contributed by atoms with Gasteiger partial charge in [0.15, 0.2) is 5.78 Å². The lowest BCUT2D eigenvalue weighted by atomic mass is 10.1. The number of hydrogen-bond donors (Lipinski definition) is 1. The Kier molecular flexibility index (Phi) is 4.35. The van der Waals surface area contributed by atoms with Crippen LogP contribution in [0.2, 0.25) is 5.02 Å². The number of halogens is 1. The molecule has 0 fully saturated rings. The third kappa shape index (κ3) is 3.48. The Balaban J connectivity index is 1.56. The van der Waals surface area contributed by atoms with Gasteiger partial charge in [-0.2, -0.15) is 0 Å². The molecule has 4 heteroatoms. The fourth-order valence-electron chi connectivity index (χ4n) is 2.63. The van der Waals surface area contributed by atoms with Gasteiger partial charge < -0.3 is 5.32 Å². The van der Waals surface area contributed by atoms with E-state index in [1.165, 1.54) is 4.90 Å². The molecule has 0 aromatic heterocycles. The van der Waals surface area contributed by atoms with Crippen LogP contribution in [-0.4, -0.2) is 5.78 Å². The minimum absolute atomic E-state index is 0.0246. The standard InChI is InChI=1S/C21H14ClNOS/c22-16-9-5-14(6-10-16)7-11-19(24)15-8-12-21-18(13-15)23-17-3-1-2-4-20(17)25-21/h1-13,23H/b11-7+. The van der Waals surface area contributed by atoms with Gasteiger partial charge in [0.2, 0.25) is 0 Å². The Morgan fingerprint density at radius 2 is 1.68 bits per heavy atom. The van der Waals surface area contributed by atoms with Gasteiger partial charge in [-0.1, -0.05) is 53.7 Å². The molecule has 0 bridgehead atoms. The number of anilines is 2. The maximum atomic E-state index is 12.5. The molecular formula is C21H14ClNOS. The van der Waals surface area contributed by atoms with Crippen molar-refractivity contribution in [1.82, 2.24) is 0 Å². The summed E-state index contributed by atoms with van der Waals surface area (Å²) in [6.07, 6.45) is 3.39. The normalized spacial score (nSPS) is 12.4. The van der Waals surface area contributed by atoms with E-state index in [4.69, 9.17) is 11.6 Å². The maximum absolute atomic E-state index is 12.5. The van der Waals surface area contributed by atoms with Crippen LogP contribution in [0.3, 0.4) is 0 Å². The van der Waals surface area contributed by atoms with Crippen molar-refractivity contribution in [3.8, 4) is 0 Å². The van der Waals surface area contributed by atoms with Crippen LogP contribution >= 0.6 is 23.4 Å². The van der Waals surface area contributed by atoms with Crippen molar-refractivity contribution in [2.75, 3.05) is 5.32 Å². The molecule has 0 amide bonds. The van der Waals surface area contributed by atoms with Gasteiger partial charge >= 0.3 is 0 Å². The van der Waals surface area contributed by atoms with Crippen molar-refractivity contribution < 1.29 is 4.79 Å². The molecule has 0 spiro atoms. The van der Waals surface area contributed by atoms with Crippen LogP contribution in [-0.2, 0) is 0 Å². The van der Waals surface area contributed by atoms with E-state index in [0.29, 0.717) is 10.6 Å². The summed E-state index contributed by atoms with van der Waals surface area (Å²) >= 11 is 7.58.